The lowest BCUT2D eigenvalue weighted by atomic mass is 10.3. The van der Waals surface area contributed by atoms with E-state index in [2.05, 4.69) is 20.7 Å². The second-order valence-electron chi connectivity index (χ2n) is 3.60. The lowest BCUT2D eigenvalue weighted by Gasteiger charge is -2.00. The number of nitrogens with one attached hydrogen (secondary N) is 2. The van der Waals surface area contributed by atoms with E-state index in [0.29, 0.717) is 17.1 Å². The first kappa shape index (κ1) is 12.1. The minimum Gasteiger partial charge on any atom is -0.384 e. The van der Waals surface area contributed by atoms with Gasteiger partial charge in [0.25, 0.3) is 5.91 Å². The molecule has 0 aromatic carbocycles. The smallest absolute Gasteiger partial charge is 0.273 e. The van der Waals surface area contributed by atoms with Gasteiger partial charge in [-0.25, -0.2) is 0 Å². The van der Waals surface area contributed by atoms with Gasteiger partial charge in [0.05, 0.1) is 6.20 Å². The number of hydrogen-bond donors (Lipinski definition) is 3. The van der Waals surface area contributed by atoms with Crippen LogP contribution in [-0.2, 0) is 17.9 Å². The maximum Gasteiger partial charge on any atom is 0.273 e. The normalized spacial score (nSPS) is 10.5. The van der Waals surface area contributed by atoms with E-state index in [1.54, 1.807) is 6.20 Å². The molecule has 0 radical (unpaired) electrons. The maximum absolute atomic E-state index is 11.7. The van der Waals surface area contributed by atoms with Gasteiger partial charge in [-0.1, -0.05) is 5.16 Å². The summed E-state index contributed by atoms with van der Waals surface area (Å²) in [5.74, 6) is 0.572. The Kier molecular flexibility index (Phi) is 3.58. The van der Waals surface area contributed by atoms with E-state index in [0.717, 1.165) is 0 Å². The molecule has 0 saturated carbocycles. The van der Waals surface area contributed by atoms with Crippen LogP contribution in [0.1, 0.15) is 21.8 Å². The van der Waals surface area contributed by atoms with Gasteiger partial charge in [-0.2, -0.15) is 5.10 Å². The van der Waals surface area contributed by atoms with Crippen LogP contribution in [-0.4, -0.2) is 28.4 Å². The molecule has 0 bridgehead atoms. The molecule has 96 valence electrons. The van der Waals surface area contributed by atoms with Crippen molar-refractivity contribution in [2.45, 2.75) is 13.2 Å². The zero-order valence-electron chi connectivity index (χ0n) is 9.77. The van der Waals surface area contributed by atoms with Gasteiger partial charge >= 0.3 is 0 Å². The molecule has 1 amide bonds. The van der Waals surface area contributed by atoms with Crippen LogP contribution >= 0.6 is 0 Å². The van der Waals surface area contributed by atoms with E-state index >= 15 is 0 Å². The van der Waals surface area contributed by atoms with Crippen molar-refractivity contribution in [2.24, 2.45) is 0 Å². The van der Waals surface area contributed by atoms with Gasteiger partial charge in [0, 0.05) is 25.3 Å². The Morgan fingerprint density at radius 3 is 3.17 bits per heavy atom. The number of carbonyl (C=O) groups excluding carboxylic acids is 1. The van der Waals surface area contributed by atoms with Gasteiger partial charge in [-0.05, 0) is 0 Å². The summed E-state index contributed by atoms with van der Waals surface area (Å²) in [6.07, 6.45) is 1.55. The quantitative estimate of drug-likeness (QED) is 0.691. The van der Waals surface area contributed by atoms with E-state index < -0.39 is 0 Å². The van der Waals surface area contributed by atoms with Crippen molar-refractivity contribution >= 4 is 11.7 Å². The third kappa shape index (κ3) is 2.66. The topological polar surface area (TPSA) is 119 Å². The standard InChI is InChI=1S/C10H13N5O3/c1-17-5-7-2-8(15-18-7)10(16)12-3-6-4-13-14-9(6)11/h2,4H,3,5H2,1H3,(H,12,16)(H3,11,13,14). The van der Waals surface area contributed by atoms with Crippen LogP contribution in [0.3, 0.4) is 0 Å². The molecule has 8 heteroatoms. The first-order valence-corrected chi connectivity index (χ1v) is 5.21. The molecule has 0 saturated heterocycles. The number of amides is 1. The summed E-state index contributed by atoms with van der Waals surface area (Å²) in [7, 11) is 1.53. The van der Waals surface area contributed by atoms with Crippen LogP contribution < -0.4 is 11.1 Å². The van der Waals surface area contributed by atoms with Crippen molar-refractivity contribution in [1.82, 2.24) is 20.7 Å². The molecule has 0 spiro atoms. The lowest BCUT2D eigenvalue weighted by molar-refractivity contribution is 0.0941. The van der Waals surface area contributed by atoms with Crippen molar-refractivity contribution in [3.63, 3.8) is 0 Å². The predicted octanol–water partition coefficient (Wildman–Crippen LogP) is 0.0563. The molecule has 4 N–H and O–H groups in total. The van der Waals surface area contributed by atoms with E-state index in [1.165, 1.54) is 13.2 Å². The van der Waals surface area contributed by atoms with Gasteiger partial charge in [-0.15, -0.1) is 0 Å². The fourth-order valence-electron chi connectivity index (χ4n) is 1.36. The Bertz CT molecular complexity index is 533. The molecule has 0 atom stereocenters. The van der Waals surface area contributed by atoms with Crippen molar-refractivity contribution in [3.8, 4) is 0 Å². The van der Waals surface area contributed by atoms with Crippen LogP contribution in [0.4, 0.5) is 5.82 Å². The van der Waals surface area contributed by atoms with Crippen LogP contribution in [0.15, 0.2) is 16.8 Å². The van der Waals surface area contributed by atoms with Gasteiger partial charge in [0.15, 0.2) is 11.5 Å². The molecule has 0 fully saturated rings. The molecule has 2 rings (SSSR count). The lowest BCUT2D eigenvalue weighted by Crippen LogP contribution is -2.23. The molecule has 2 aromatic heterocycles. The van der Waals surface area contributed by atoms with Gasteiger partial charge in [0.2, 0.25) is 0 Å². The highest BCUT2D eigenvalue weighted by Gasteiger charge is 2.12. The highest BCUT2D eigenvalue weighted by Crippen LogP contribution is 2.07. The molecule has 0 aliphatic heterocycles. The monoisotopic (exact) mass is 251 g/mol. The first-order chi connectivity index (χ1) is 8.70. The van der Waals surface area contributed by atoms with Crippen LogP contribution in [0.2, 0.25) is 0 Å². The zero-order valence-corrected chi connectivity index (χ0v) is 9.77. The Labute approximate surface area is 102 Å². The van der Waals surface area contributed by atoms with Crippen molar-refractivity contribution in [1.29, 1.82) is 0 Å². The second-order valence-corrected chi connectivity index (χ2v) is 3.60. The number of nitrogens with two attached hydrogens (primary N) is 1. The van der Waals surface area contributed by atoms with Gasteiger partial charge < -0.3 is 20.3 Å². The highest BCUT2D eigenvalue weighted by molar-refractivity contribution is 5.92. The number of nitrogens with zero attached hydrogens (tertiary/aromatic N) is 2. The average Bonchev–Trinajstić information content (AvgIpc) is 2.96. The number of nitrogen functional groups attached to an aromatic ring is 1. The fourth-order valence-corrected chi connectivity index (χ4v) is 1.36. The third-order valence-electron chi connectivity index (χ3n) is 2.27. The van der Waals surface area contributed by atoms with Crippen LogP contribution in [0, 0.1) is 0 Å². The summed E-state index contributed by atoms with van der Waals surface area (Å²) in [6, 6.07) is 1.53. The average molecular weight is 251 g/mol. The first-order valence-electron chi connectivity index (χ1n) is 5.21. The number of hydrogen-bond acceptors (Lipinski definition) is 6. The van der Waals surface area contributed by atoms with Crippen molar-refractivity contribution < 1.29 is 14.1 Å². The Morgan fingerprint density at radius 1 is 1.67 bits per heavy atom. The molecule has 0 aliphatic carbocycles. The maximum atomic E-state index is 11.7. The summed E-state index contributed by atoms with van der Waals surface area (Å²) < 4.78 is 9.77. The van der Waals surface area contributed by atoms with Crippen LogP contribution in [0.5, 0.6) is 0 Å². The number of methoxy groups -OCH3 is 1. The van der Waals surface area contributed by atoms with Gasteiger partial charge in [-0.3, -0.25) is 9.89 Å². The number of ether oxygens (including phenoxy) is 1. The van der Waals surface area contributed by atoms with E-state index in [9.17, 15) is 4.79 Å². The van der Waals surface area contributed by atoms with E-state index in [-0.39, 0.29) is 24.8 Å². The summed E-state index contributed by atoms with van der Waals surface area (Å²) >= 11 is 0. The Morgan fingerprint density at radius 2 is 2.50 bits per heavy atom. The number of H-pyrrole nitrogens is 1. The summed E-state index contributed by atoms with van der Waals surface area (Å²) in [4.78, 5) is 11.7. The fraction of sp³-hybridized carbons (Fsp3) is 0.300. The zero-order chi connectivity index (χ0) is 13.0. The minimum atomic E-state index is -0.346. The van der Waals surface area contributed by atoms with Crippen molar-refractivity contribution in [2.75, 3.05) is 12.8 Å². The molecular formula is C10H13N5O3. The number of rotatable bonds is 5. The van der Waals surface area contributed by atoms with Crippen molar-refractivity contribution in [3.05, 3.63) is 29.3 Å². The second kappa shape index (κ2) is 5.32. The highest BCUT2D eigenvalue weighted by atomic mass is 16.5. The Hall–Kier alpha value is -2.35. The molecule has 8 nitrogen and oxygen atoms in total. The Balaban J connectivity index is 1.93. The third-order valence-corrected chi connectivity index (χ3v) is 2.27. The molecule has 2 heterocycles. The summed E-state index contributed by atoms with van der Waals surface area (Å²) in [6.45, 7) is 0.544. The number of anilines is 1. The number of aromatic amines is 1. The minimum absolute atomic E-state index is 0.198. The SMILES string of the molecule is COCc1cc(C(=O)NCc2cn[nH]c2N)no1. The number of carbonyl (C=O) groups is 1. The number of aromatic nitrogens is 3. The van der Waals surface area contributed by atoms with Crippen LogP contribution in [0.25, 0.3) is 0 Å². The largest absolute Gasteiger partial charge is 0.384 e. The molecule has 0 aliphatic rings. The van der Waals surface area contributed by atoms with E-state index in [1.807, 2.05) is 0 Å². The predicted molar refractivity (Wildman–Crippen MR) is 61.4 cm³/mol. The van der Waals surface area contributed by atoms with E-state index in [4.69, 9.17) is 15.0 Å². The molecular weight excluding hydrogens is 238 g/mol. The van der Waals surface area contributed by atoms with Gasteiger partial charge in [0.1, 0.15) is 12.4 Å². The molecule has 18 heavy (non-hydrogen) atoms. The molecule has 2 aromatic rings. The summed E-state index contributed by atoms with van der Waals surface area (Å²) in [5.41, 5.74) is 6.50. The summed E-state index contributed by atoms with van der Waals surface area (Å²) in [5, 5.41) is 12.6. The molecule has 0 unspecified atom stereocenters.